The lowest BCUT2D eigenvalue weighted by Gasteiger charge is -2.10. The van der Waals surface area contributed by atoms with Crippen LogP contribution in [0.2, 0.25) is 0 Å². The van der Waals surface area contributed by atoms with E-state index in [1.807, 2.05) is 6.07 Å². The van der Waals surface area contributed by atoms with Crippen molar-refractivity contribution in [2.24, 2.45) is 5.92 Å². The van der Waals surface area contributed by atoms with Crippen LogP contribution in [0.1, 0.15) is 37.7 Å². The highest BCUT2D eigenvalue weighted by Crippen LogP contribution is 2.29. The Balaban J connectivity index is 1.82. The third kappa shape index (κ3) is 4.01. The van der Waals surface area contributed by atoms with Crippen molar-refractivity contribution in [2.75, 3.05) is 6.54 Å². The van der Waals surface area contributed by atoms with E-state index in [4.69, 9.17) is 0 Å². The van der Waals surface area contributed by atoms with Crippen molar-refractivity contribution < 1.29 is 4.92 Å². The molecule has 1 saturated carbocycles. The molecule has 0 aliphatic heterocycles. The molecule has 5 heteroatoms. The third-order valence-electron chi connectivity index (χ3n) is 3.77. The second-order valence-corrected chi connectivity index (χ2v) is 5.92. The first-order valence-electron chi connectivity index (χ1n) is 6.81. The molecule has 1 aliphatic rings. The van der Waals surface area contributed by atoms with Crippen molar-refractivity contribution in [1.29, 1.82) is 0 Å². The van der Waals surface area contributed by atoms with Gasteiger partial charge < -0.3 is 5.32 Å². The molecular weight excluding hydrogens is 308 g/mol. The molecule has 1 aliphatic carbocycles. The van der Waals surface area contributed by atoms with E-state index in [0.29, 0.717) is 11.0 Å². The summed E-state index contributed by atoms with van der Waals surface area (Å²) in [6.07, 6.45) is 6.69. The van der Waals surface area contributed by atoms with E-state index >= 15 is 0 Å². The molecule has 104 valence electrons. The fourth-order valence-electron chi connectivity index (χ4n) is 2.67. The van der Waals surface area contributed by atoms with Crippen LogP contribution in [0.5, 0.6) is 0 Å². The van der Waals surface area contributed by atoms with Gasteiger partial charge >= 0.3 is 0 Å². The predicted octanol–water partition coefficient (Wildman–Crippen LogP) is 4.03. The predicted molar refractivity (Wildman–Crippen MR) is 79.1 cm³/mol. The Morgan fingerprint density at radius 3 is 2.79 bits per heavy atom. The lowest BCUT2D eigenvalue weighted by Crippen LogP contribution is -2.17. The summed E-state index contributed by atoms with van der Waals surface area (Å²) in [4.78, 5) is 10.5. The molecule has 1 fully saturated rings. The number of nitro benzene ring substituents is 1. The SMILES string of the molecule is O=[N+]([O-])c1cccc(CNCCC2CCCC2)c1Br. The molecule has 0 heterocycles. The van der Waals surface area contributed by atoms with Gasteiger partial charge in [-0.3, -0.25) is 10.1 Å². The van der Waals surface area contributed by atoms with Gasteiger partial charge in [0.1, 0.15) is 0 Å². The molecule has 19 heavy (non-hydrogen) atoms. The van der Waals surface area contributed by atoms with Crippen molar-refractivity contribution in [3.05, 3.63) is 38.3 Å². The molecule has 1 aromatic rings. The Hall–Kier alpha value is -0.940. The van der Waals surface area contributed by atoms with Crippen molar-refractivity contribution in [2.45, 2.75) is 38.6 Å². The first-order chi connectivity index (χ1) is 9.18. The standard InChI is InChI=1S/C14H19BrN2O2/c15-14-12(6-3-7-13(14)17(18)19)10-16-9-8-11-4-1-2-5-11/h3,6-7,11,16H,1-2,4-5,8-10H2. The Labute approximate surface area is 121 Å². The highest BCUT2D eigenvalue weighted by Gasteiger charge is 2.16. The Morgan fingerprint density at radius 2 is 2.11 bits per heavy atom. The summed E-state index contributed by atoms with van der Waals surface area (Å²) in [6.45, 7) is 1.66. The van der Waals surface area contributed by atoms with Crippen molar-refractivity contribution in [1.82, 2.24) is 5.32 Å². The van der Waals surface area contributed by atoms with E-state index < -0.39 is 0 Å². The minimum atomic E-state index is -0.355. The lowest BCUT2D eigenvalue weighted by atomic mass is 10.0. The lowest BCUT2D eigenvalue weighted by molar-refractivity contribution is -0.385. The Morgan fingerprint density at radius 1 is 1.37 bits per heavy atom. The topological polar surface area (TPSA) is 55.2 Å². The molecular formula is C14H19BrN2O2. The van der Waals surface area contributed by atoms with Gasteiger partial charge in [0.2, 0.25) is 0 Å². The number of nitrogens with zero attached hydrogens (tertiary/aromatic N) is 1. The van der Waals surface area contributed by atoms with Gasteiger partial charge in [-0.25, -0.2) is 0 Å². The number of nitro groups is 1. The second kappa shape index (κ2) is 7.01. The van der Waals surface area contributed by atoms with Crippen LogP contribution < -0.4 is 5.32 Å². The molecule has 0 bridgehead atoms. The van der Waals surface area contributed by atoms with Crippen molar-refractivity contribution in [3.63, 3.8) is 0 Å². The van der Waals surface area contributed by atoms with E-state index in [1.54, 1.807) is 6.07 Å². The van der Waals surface area contributed by atoms with Gasteiger partial charge in [-0.1, -0.05) is 37.8 Å². The summed E-state index contributed by atoms with van der Waals surface area (Å²) in [7, 11) is 0. The minimum absolute atomic E-state index is 0.134. The molecule has 0 spiro atoms. The van der Waals surface area contributed by atoms with Gasteiger partial charge in [-0.05, 0) is 40.4 Å². The zero-order valence-corrected chi connectivity index (χ0v) is 12.5. The summed E-state index contributed by atoms with van der Waals surface area (Å²) < 4.78 is 0.591. The smallest absolute Gasteiger partial charge is 0.283 e. The number of hydrogen-bond donors (Lipinski definition) is 1. The van der Waals surface area contributed by atoms with Gasteiger partial charge in [0, 0.05) is 12.6 Å². The van der Waals surface area contributed by atoms with Crippen LogP contribution in [0.4, 0.5) is 5.69 Å². The number of nitrogens with one attached hydrogen (secondary N) is 1. The summed E-state index contributed by atoms with van der Waals surface area (Å²) in [5, 5.41) is 14.2. The van der Waals surface area contributed by atoms with Crippen LogP contribution in [-0.4, -0.2) is 11.5 Å². The first-order valence-corrected chi connectivity index (χ1v) is 7.60. The van der Waals surface area contributed by atoms with E-state index in [9.17, 15) is 10.1 Å². The number of halogens is 1. The van der Waals surface area contributed by atoms with Crippen molar-refractivity contribution in [3.8, 4) is 0 Å². The molecule has 2 rings (SSSR count). The van der Waals surface area contributed by atoms with Crippen molar-refractivity contribution >= 4 is 21.6 Å². The normalized spacial score (nSPS) is 15.8. The zero-order chi connectivity index (χ0) is 13.7. The molecule has 0 atom stereocenters. The molecule has 1 aromatic carbocycles. The van der Waals surface area contributed by atoms with E-state index in [-0.39, 0.29) is 10.6 Å². The van der Waals surface area contributed by atoms with Gasteiger partial charge in [-0.2, -0.15) is 0 Å². The zero-order valence-electron chi connectivity index (χ0n) is 10.9. The number of benzene rings is 1. The van der Waals surface area contributed by atoms with Gasteiger partial charge in [0.05, 0.1) is 9.40 Å². The molecule has 0 aromatic heterocycles. The van der Waals surface area contributed by atoms with Crippen LogP contribution in [0, 0.1) is 16.0 Å². The maximum absolute atomic E-state index is 10.8. The highest BCUT2D eigenvalue weighted by atomic mass is 79.9. The van der Waals surface area contributed by atoms with Gasteiger partial charge in [-0.15, -0.1) is 0 Å². The van der Waals surface area contributed by atoms with Crippen LogP contribution in [0.3, 0.4) is 0 Å². The fourth-order valence-corrected chi connectivity index (χ4v) is 3.22. The summed E-state index contributed by atoms with van der Waals surface area (Å²) >= 11 is 3.32. The summed E-state index contributed by atoms with van der Waals surface area (Å²) in [5.41, 5.74) is 1.08. The maximum atomic E-state index is 10.8. The van der Waals surface area contributed by atoms with Crippen LogP contribution in [0.25, 0.3) is 0 Å². The third-order valence-corrected chi connectivity index (χ3v) is 4.69. The molecule has 4 nitrogen and oxygen atoms in total. The van der Waals surface area contributed by atoms with Gasteiger partial charge in [0.15, 0.2) is 0 Å². The molecule has 0 amide bonds. The van der Waals surface area contributed by atoms with Crippen LogP contribution in [-0.2, 0) is 6.54 Å². The quantitative estimate of drug-likeness (QED) is 0.488. The average Bonchev–Trinajstić information content (AvgIpc) is 2.89. The second-order valence-electron chi connectivity index (χ2n) is 5.12. The Kier molecular flexibility index (Phi) is 5.34. The fraction of sp³-hybridized carbons (Fsp3) is 0.571. The minimum Gasteiger partial charge on any atom is -0.313 e. The van der Waals surface area contributed by atoms with Crippen LogP contribution >= 0.6 is 15.9 Å². The van der Waals surface area contributed by atoms with Gasteiger partial charge in [0.25, 0.3) is 5.69 Å². The monoisotopic (exact) mass is 326 g/mol. The largest absolute Gasteiger partial charge is 0.313 e. The van der Waals surface area contributed by atoms with Crippen LogP contribution in [0.15, 0.2) is 22.7 Å². The van der Waals surface area contributed by atoms with E-state index in [1.165, 1.54) is 38.2 Å². The summed E-state index contributed by atoms with van der Waals surface area (Å²) in [5.74, 6) is 0.876. The average molecular weight is 327 g/mol. The molecule has 1 N–H and O–H groups in total. The molecule has 0 radical (unpaired) electrons. The molecule has 0 saturated heterocycles. The maximum Gasteiger partial charge on any atom is 0.283 e. The summed E-state index contributed by atoms with van der Waals surface area (Å²) in [6, 6.07) is 5.17. The van der Waals surface area contributed by atoms with E-state index in [2.05, 4.69) is 21.2 Å². The molecule has 0 unspecified atom stereocenters. The van der Waals surface area contributed by atoms with E-state index in [0.717, 1.165) is 18.0 Å². The first kappa shape index (κ1) is 14.5. The highest BCUT2D eigenvalue weighted by molar-refractivity contribution is 9.10. The Bertz CT molecular complexity index is 445. The number of hydrogen-bond acceptors (Lipinski definition) is 3. The number of rotatable bonds is 6.